The number of rotatable bonds is 2. The Bertz CT molecular complexity index is 507. The average molecular weight is 248 g/mol. The van der Waals surface area contributed by atoms with E-state index in [-0.39, 0.29) is 0 Å². The van der Waals surface area contributed by atoms with Gasteiger partial charge in [-0.1, -0.05) is 42.2 Å². The van der Waals surface area contributed by atoms with Gasteiger partial charge in [-0.15, -0.1) is 22.9 Å². The smallest absolute Gasteiger partial charge is 0.105 e. The molecular formula is C13H10ClNS. The molecule has 2 rings (SSSR count). The van der Waals surface area contributed by atoms with Gasteiger partial charge in [0.05, 0.1) is 18.0 Å². The largest absolute Gasteiger partial charge is 0.240 e. The highest BCUT2D eigenvalue weighted by molar-refractivity contribution is 7.10. The molecule has 0 saturated carbocycles. The van der Waals surface area contributed by atoms with Gasteiger partial charge in [-0.3, -0.25) is 0 Å². The van der Waals surface area contributed by atoms with Crippen LogP contribution in [0.5, 0.6) is 0 Å². The first kappa shape index (κ1) is 11.2. The highest BCUT2D eigenvalue weighted by atomic mass is 35.5. The van der Waals surface area contributed by atoms with Gasteiger partial charge in [0.25, 0.3) is 0 Å². The molecule has 0 radical (unpaired) electrons. The first-order valence-electron chi connectivity index (χ1n) is 4.91. The van der Waals surface area contributed by atoms with Crippen molar-refractivity contribution >= 4 is 22.9 Å². The lowest BCUT2D eigenvalue weighted by atomic mass is 10.2. The zero-order valence-electron chi connectivity index (χ0n) is 8.61. The molecule has 0 bridgehead atoms. The maximum Gasteiger partial charge on any atom is 0.105 e. The molecule has 0 spiro atoms. The van der Waals surface area contributed by atoms with Crippen molar-refractivity contribution in [2.45, 2.75) is 6.42 Å². The minimum Gasteiger partial charge on any atom is -0.240 e. The summed E-state index contributed by atoms with van der Waals surface area (Å²) < 4.78 is 0. The summed E-state index contributed by atoms with van der Waals surface area (Å²) in [6.07, 6.45) is 0.685. The van der Waals surface area contributed by atoms with Gasteiger partial charge in [0.1, 0.15) is 5.01 Å². The molecule has 0 aliphatic carbocycles. The van der Waals surface area contributed by atoms with Crippen LogP contribution in [0.15, 0.2) is 35.7 Å². The normalized spacial score (nSPS) is 9.56. The van der Waals surface area contributed by atoms with Crippen LogP contribution < -0.4 is 0 Å². The molecule has 0 unspecified atom stereocenters. The fourth-order valence-electron chi connectivity index (χ4n) is 1.32. The molecule has 80 valence electrons. The summed E-state index contributed by atoms with van der Waals surface area (Å²) in [5, 5.41) is 3.10. The van der Waals surface area contributed by atoms with Gasteiger partial charge in [-0.05, 0) is 0 Å². The third-order valence-corrected chi connectivity index (χ3v) is 3.04. The maximum atomic E-state index is 5.48. The maximum absolute atomic E-state index is 5.48. The highest BCUT2D eigenvalue weighted by Gasteiger charge is 2.02. The molecular weight excluding hydrogens is 238 g/mol. The standard InChI is InChI=1S/C13H10ClNS/c14-9-5-4-8-13-15-12(10-16-13)11-6-2-1-3-7-11/h1-3,6-7,10H,8-9H2. The van der Waals surface area contributed by atoms with Crippen molar-refractivity contribution in [3.05, 3.63) is 40.7 Å². The Morgan fingerprint density at radius 1 is 1.19 bits per heavy atom. The van der Waals surface area contributed by atoms with Crippen LogP contribution in [-0.2, 0) is 6.42 Å². The number of nitrogens with zero attached hydrogens (tertiary/aromatic N) is 1. The number of thiazole rings is 1. The zero-order valence-corrected chi connectivity index (χ0v) is 10.2. The van der Waals surface area contributed by atoms with Crippen LogP contribution in [0.4, 0.5) is 0 Å². The predicted molar refractivity (Wildman–Crippen MR) is 69.8 cm³/mol. The summed E-state index contributed by atoms with van der Waals surface area (Å²) in [7, 11) is 0. The summed E-state index contributed by atoms with van der Waals surface area (Å²) in [5.41, 5.74) is 2.17. The molecule has 0 N–H and O–H groups in total. The lowest BCUT2D eigenvalue weighted by molar-refractivity contribution is 1.22. The molecule has 0 aliphatic heterocycles. The number of hydrogen-bond acceptors (Lipinski definition) is 2. The van der Waals surface area contributed by atoms with E-state index in [1.54, 1.807) is 11.3 Å². The fourth-order valence-corrected chi connectivity index (χ4v) is 2.16. The number of alkyl halides is 1. The van der Waals surface area contributed by atoms with Crippen molar-refractivity contribution in [1.82, 2.24) is 4.98 Å². The van der Waals surface area contributed by atoms with Gasteiger partial charge in [-0.2, -0.15) is 0 Å². The Morgan fingerprint density at radius 2 is 2.00 bits per heavy atom. The fraction of sp³-hybridized carbons (Fsp3) is 0.154. The van der Waals surface area contributed by atoms with Crippen molar-refractivity contribution < 1.29 is 0 Å². The Morgan fingerprint density at radius 3 is 2.75 bits per heavy atom. The van der Waals surface area contributed by atoms with Crippen molar-refractivity contribution in [2.75, 3.05) is 5.88 Å². The van der Waals surface area contributed by atoms with E-state index in [2.05, 4.69) is 34.3 Å². The summed E-state index contributed by atoms with van der Waals surface area (Å²) in [6, 6.07) is 10.2. The molecule has 1 heterocycles. The van der Waals surface area contributed by atoms with Crippen molar-refractivity contribution in [2.24, 2.45) is 0 Å². The molecule has 0 aliphatic rings. The second-order valence-electron chi connectivity index (χ2n) is 3.16. The predicted octanol–water partition coefficient (Wildman–Crippen LogP) is 3.59. The summed E-state index contributed by atoms with van der Waals surface area (Å²) in [5.74, 6) is 6.20. The van der Waals surface area contributed by atoms with E-state index in [1.165, 1.54) is 0 Å². The van der Waals surface area contributed by atoms with Crippen LogP contribution >= 0.6 is 22.9 Å². The third kappa shape index (κ3) is 2.85. The number of hydrogen-bond donors (Lipinski definition) is 0. The van der Waals surface area contributed by atoms with Crippen LogP contribution in [0.2, 0.25) is 0 Å². The molecule has 3 heteroatoms. The number of aromatic nitrogens is 1. The van der Waals surface area contributed by atoms with Gasteiger partial charge >= 0.3 is 0 Å². The molecule has 2 aromatic rings. The zero-order chi connectivity index (χ0) is 11.2. The minimum atomic E-state index is 0.386. The second-order valence-corrected chi connectivity index (χ2v) is 4.37. The van der Waals surface area contributed by atoms with E-state index in [0.717, 1.165) is 16.3 Å². The SMILES string of the molecule is ClCC#CCc1nc(-c2ccccc2)cs1. The molecule has 1 nitrogen and oxygen atoms in total. The van der Waals surface area contributed by atoms with Gasteiger partial charge in [0.2, 0.25) is 0 Å². The van der Waals surface area contributed by atoms with E-state index in [0.29, 0.717) is 12.3 Å². The summed E-state index contributed by atoms with van der Waals surface area (Å²) >= 11 is 7.12. The summed E-state index contributed by atoms with van der Waals surface area (Å²) in [6.45, 7) is 0. The quantitative estimate of drug-likeness (QED) is 0.584. The number of halogens is 1. The topological polar surface area (TPSA) is 12.9 Å². The lowest BCUT2D eigenvalue weighted by Gasteiger charge is -1.93. The molecule has 0 fully saturated rings. The van der Waals surface area contributed by atoms with E-state index >= 15 is 0 Å². The molecule has 1 aromatic heterocycles. The Labute approximate surface area is 104 Å². The number of benzene rings is 1. The lowest BCUT2D eigenvalue weighted by Crippen LogP contribution is -1.81. The van der Waals surface area contributed by atoms with Gasteiger partial charge in [0.15, 0.2) is 0 Å². The Kier molecular flexibility index (Phi) is 3.98. The van der Waals surface area contributed by atoms with Crippen molar-refractivity contribution in [1.29, 1.82) is 0 Å². The summed E-state index contributed by atoms with van der Waals surface area (Å²) in [4.78, 5) is 4.53. The molecule has 0 atom stereocenters. The van der Waals surface area contributed by atoms with Crippen LogP contribution in [0.1, 0.15) is 5.01 Å². The molecule has 16 heavy (non-hydrogen) atoms. The minimum absolute atomic E-state index is 0.386. The second kappa shape index (κ2) is 5.69. The Balaban J connectivity index is 2.14. The van der Waals surface area contributed by atoms with Crippen molar-refractivity contribution in [3.63, 3.8) is 0 Å². The molecule has 0 saturated heterocycles. The average Bonchev–Trinajstić information content (AvgIpc) is 2.79. The van der Waals surface area contributed by atoms with Crippen LogP contribution in [0, 0.1) is 11.8 Å². The van der Waals surface area contributed by atoms with Gasteiger partial charge in [-0.25, -0.2) is 4.98 Å². The third-order valence-electron chi connectivity index (χ3n) is 2.05. The van der Waals surface area contributed by atoms with E-state index in [4.69, 9.17) is 11.6 Å². The van der Waals surface area contributed by atoms with Crippen LogP contribution in [0.25, 0.3) is 11.3 Å². The Hall–Kier alpha value is -1.30. The highest BCUT2D eigenvalue weighted by Crippen LogP contribution is 2.21. The van der Waals surface area contributed by atoms with Crippen LogP contribution in [0.3, 0.4) is 0 Å². The molecule has 0 amide bonds. The van der Waals surface area contributed by atoms with E-state index in [9.17, 15) is 0 Å². The van der Waals surface area contributed by atoms with Gasteiger partial charge in [0, 0.05) is 10.9 Å². The van der Waals surface area contributed by atoms with Crippen LogP contribution in [-0.4, -0.2) is 10.9 Å². The first-order chi connectivity index (χ1) is 7.90. The molecule has 1 aromatic carbocycles. The van der Waals surface area contributed by atoms with Crippen molar-refractivity contribution in [3.8, 4) is 23.1 Å². The monoisotopic (exact) mass is 247 g/mol. The van der Waals surface area contributed by atoms with E-state index in [1.807, 2.05) is 18.2 Å². The van der Waals surface area contributed by atoms with E-state index < -0.39 is 0 Å². The van der Waals surface area contributed by atoms with Gasteiger partial charge < -0.3 is 0 Å². The first-order valence-corrected chi connectivity index (χ1v) is 6.33.